The van der Waals surface area contributed by atoms with Crippen LogP contribution < -0.4 is 0 Å². The maximum atomic E-state index is 12.4. The predicted octanol–water partition coefficient (Wildman–Crippen LogP) is 2.21. The SMILES string of the molecule is CB(C)N1C(=O)[C@@H]2CCC[C@@H]2[C@H]1C(=O)OC(C)(C)C. The van der Waals surface area contributed by atoms with Crippen molar-refractivity contribution in [1.82, 2.24) is 4.81 Å². The molecular weight excluding hydrogens is 241 g/mol. The smallest absolute Gasteiger partial charge is 0.328 e. The van der Waals surface area contributed by atoms with Crippen LogP contribution in [-0.2, 0) is 14.3 Å². The van der Waals surface area contributed by atoms with Gasteiger partial charge in [0.25, 0.3) is 6.85 Å². The van der Waals surface area contributed by atoms with Crippen LogP contribution in [0.5, 0.6) is 0 Å². The third-order valence-corrected chi connectivity index (χ3v) is 4.05. The van der Waals surface area contributed by atoms with E-state index < -0.39 is 5.60 Å². The van der Waals surface area contributed by atoms with Crippen LogP contribution in [0.15, 0.2) is 0 Å². The largest absolute Gasteiger partial charge is 0.458 e. The number of esters is 1. The summed E-state index contributed by atoms with van der Waals surface area (Å²) >= 11 is 0. The summed E-state index contributed by atoms with van der Waals surface area (Å²) in [5.41, 5.74) is -0.501. The predicted molar refractivity (Wildman–Crippen MR) is 74.8 cm³/mol. The zero-order valence-electron chi connectivity index (χ0n) is 12.6. The molecule has 2 fully saturated rings. The van der Waals surface area contributed by atoms with E-state index in [0.29, 0.717) is 0 Å². The van der Waals surface area contributed by atoms with E-state index in [2.05, 4.69) is 0 Å². The number of fused-ring (bicyclic) bond motifs is 1. The molecule has 1 aliphatic heterocycles. The van der Waals surface area contributed by atoms with Gasteiger partial charge < -0.3 is 9.55 Å². The normalized spacial score (nSPS) is 30.5. The number of hydrogen-bond acceptors (Lipinski definition) is 3. The minimum atomic E-state index is -0.501. The second kappa shape index (κ2) is 4.84. The van der Waals surface area contributed by atoms with E-state index in [-0.39, 0.29) is 36.6 Å². The molecule has 1 amide bonds. The van der Waals surface area contributed by atoms with Gasteiger partial charge in [0.05, 0.1) is 0 Å². The Kier molecular flexibility index (Phi) is 3.67. The quantitative estimate of drug-likeness (QED) is 0.568. The van der Waals surface area contributed by atoms with E-state index in [1.54, 1.807) is 4.81 Å². The lowest BCUT2D eigenvalue weighted by Gasteiger charge is -2.31. The average Bonchev–Trinajstić information content (AvgIpc) is 2.77. The maximum Gasteiger partial charge on any atom is 0.328 e. The Hall–Kier alpha value is -0.995. The maximum absolute atomic E-state index is 12.4. The molecule has 3 atom stereocenters. The van der Waals surface area contributed by atoms with Gasteiger partial charge in [0, 0.05) is 11.8 Å². The zero-order valence-corrected chi connectivity index (χ0v) is 12.6. The lowest BCUT2D eigenvalue weighted by atomic mass is 9.65. The first-order valence-corrected chi connectivity index (χ1v) is 7.27. The molecule has 2 rings (SSSR count). The summed E-state index contributed by atoms with van der Waals surface area (Å²) in [5.74, 6) is 0.113. The standard InChI is InChI=1S/C14H24BNO3/c1-14(2,3)19-13(18)11-9-7-6-8-10(9)12(17)16(11)15(4)5/h9-11H,6-8H2,1-5H3/t9-,10+,11-/m0/s1. The minimum Gasteiger partial charge on any atom is -0.458 e. The van der Waals surface area contributed by atoms with Crippen molar-refractivity contribution in [2.24, 2.45) is 11.8 Å². The fourth-order valence-corrected chi connectivity index (χ4v) is 3.43. The first kappa shape index (κ1) is 14.4. The molecule has 0 spiro atoms. The number of ether oxygens (including phenoxy) is 1. The second-order valence-corrected chi connectivity index (χ2v) is 7.02. The Balaban J connectivity index is 2.24. The number of carbonyl (C=O) groups excluding carboxylic acids is 2. The molecular formula is C14H24BNO3. The van der Waals surface area contributed by atoms with Crippen LogP contribution in [0.25, 0.3) is 0 Å². The van der Waals surface area contributed by atoms with E-state index in [9.17, 15) is 9.59 Å². The van der Waals surface area contributed by atoms with E-state index in [4.69, 9.17) is 4.74 Å². The van der Waals surface area contributed by atoms with Crippen LogP contribution >= 0.6 is 0 Å². The Morgan fingerprint density at radius 3 is 2.47 bits per heavy atom. The molecule has 0 aromatic heterocycles. The molecule has 0 aromatic rings. The molecule has 1 saturated carbocycles. The molecule has 0 radical (unpaired) electrons. The molecule has 1 aliphatic carbocycles. The first-order valence-electron chi connectivity index (χ1n) is 7.27. The zero-order chi connectivity index (χ0) is 14.4. The van der Waals surface area contributed by atoms with Crippen LogP contribution in [0.3, 0.4) is 0 Å². The molecule has 5 heteroatoms. The lowest BCUT2D eigenvalue weighted by molar-refractivity contribution is -0.161. The number of carbonyl (C=O) groups is 2. The van der Waals surface area contributed by atoms with Crippen molar-refractivity contribution in [1.29, 1.82) is 0 Å². The highest BCUT2D eigenvalue weighted by molar-refractivity contribution is 6.56. The number of nitrogens with zero attached hydrogens (tertiary/aromatic N) is 1. The molecule has 2 aliphatic rings. The average molecular weight is 265 g/mol. The molecule has 1 heterocycles. The number of rotatable bonds is 2. The minimum absolute atomic E-state index is 0.0416. The Morgan fingerprint density at radius 1 is 1.32 bits per heavy atom. The van der Waals surface area contributed by atoms with Gasteiger partial charge in [0.2, 0.25) is 5.91 Å². The van der Waals surface area contributed by atoms with Gasteiger partial charge >= 0.3 is 5.97 Å². The highest BCUT2D eigenvalue weighted by atomic mass is 16.6. The Bertz CT molecular complexity index is 389. The third kappa shape index (κ3) is 2.65. The van der Waals surface area contributed by atoms with E-state index >= 15 is 0 Å². The molecule has 19 heavy (non-hydrogen) atoms. The van der Waals surface area contributed by atoms with Crippen molar-refractivity contribution in [2.75, 3.05) is 0 Å². The number of hydrogen-bond donors (Lipinski definition) is 0. The van der Waals surface area contributed by atoms with Crippen molar-refractivity contribution >= 4 is 18.7 Å². The van der Waals surface area contributed by atoms with Gasteiger partial charge in [-0.3, -0.25) is 4.79 Å². The highest BCUT2D eigenvalue weighted by Crippen LogP contribution is 2.44. The van der Waals surface area contributed by atoms with E-state index in [1.807, 2.05) is 34.4 Å². The van der Waals surface area contributed by atoms with Crippen LogP contribution in [-0.4, -0.2) is 35.2 Å². The van der Waals surface area contributed by atoms with Crippen molar-refractivity contribution in [3.63, 3.8) is 0 Å². The Morgan fingerprint density at radius 2 is 1.95 bits per heavy atom. The Labute approximate surface area is 116 Å². The molecule has 4 nitrogen and oxygen atoms in total. The first-order chi connectivity index (χ1) is 8.72. The summed E-state index contributed by atoms with van der Waals surface area (Å²) in [6.07, 6.45) is 2.93. The molecule has 0 bridgehead atoms. The highest BCUT2D eigenvalue weighted by Gasteiger charge is 2.54. The second-order valence-electron chi connectivity index (χ2n) is 7.02. The summed E-state index contributed by atoms with van der Waals surface area (Å²) in [7, 11) is 0. The molecule has 0 unspecified atom stereocenters. The van der Waals surface area contributed by atoms with E-state index in [1.165, 1.54) is 0 Å². The molecule has 106 valence electrons. The molecule has 1 saturated heterocycles. The topological polar surface area (TPSA) is 46.6 Å². The third-order valence-electron chi connectivity index (χ3n) is 4.05. The lowest BCUT2D eigenvalue weighted by Crippen LogP contribution is -2.49. The number of amides is 1. The summed E-state index contributed by atoms with van der Waals surface area (Å²) < 4.78 is 5.53. The summed E-state index contributed by atoms with van der Waals surface area (Å²) in [6.45, 7) is 9.59. The van der Waals surface area contributed by atoms with Gasteiger partial charge in [-0.1, -0.05) is 20.1 Å². The monoisotopic (exact) mass is 265 g/mol. The van der Waals surface area contributed by atoms with Crippen LogP contribution in [0.2, 0.25) is 13.6 Å². The van der Waals surface area contributed by atoms with Gasteiger partial charge in [-0.25, -0.2) is 4.79 Å². The molecule has 0 N–H and O–H groups in total. The van der Waals surface area contributed by atoms with Crippen molar-refractivity contribution in [3.05, 3.63) is 0 Å². The summed E-state index contributed by atoms with van der Waals surface area (Å²) in [5, 5.41) is 0. The van der Waals surface area contributed by atoms with Gasteiger partial charge in [-0.05, 0) is 33.6 Å². The van der Waals surface area contributed by atoms with Gasteiger partial charge in [0.1, 0.15) is 11.6 Å². The van der Waals surface area contributed by atoms with Crippen molar-refractivity contribution in [3.8, 4) is 0 Å². The van der Waals surface area contributed by atoms with Crippen molar-refractivity contribution in [2.45, 2.75) is 65.3 Å². The van der Waals surface area contributed by atoms with Crippen molar-refractivity contribution < 1.29 is 14.3 Å². The summed E-state index contributed by atoms with van der Waals surface area (Å²) in [4.78, 5) is 26.6. The molecule has 0 aromatic carbocycles. The van der Waals surface area contributed by atoms with Crippen LogP contribution in [0.4, 0.5) is 0 Å². The fourth-order valence-electron chi connectivity index (χ4n) is 3.43. The van der Waals surface area contributed by atoms with Gasteiger partial charge in [-0.2, -0.15) is 0 Å². The fraction of sp³-hybridized carbons (Fsp3) is 0.857. The van der Waals surface area contributed by atoms with Crippen LogP contribution in [0.1, 0.15) is 40.0 Å². The van der Waals surface area contributed by atoms with Gasteiger partial charge in [0.15, 0.2) is 0 Å². The van der Waals surface area contributed by atoms with Gasteiger partial charge in [-0.15, -0.1) is 0 Å². The van der Waals surface area contributed by atoms with Crippen LogP contribution in [0, 0.1) is 11.8 Å². The summed E-state index contributed by atoms with van der Waals surface area (Å²) in [6, 6.07) is -0.376. The van der Waals surface area contributed by atoms with E-state index in [0.717, 1.165) is 19.3 Å².